The van der Waals surface area contributed by atoms with E-state index in [-0.39, 0.29) is 40.8 Å². The predicted octanol–water partition coefficient (Wildman–Crippen LogP) is 0.257. The monoisotopic (exact) mass is 214 g/mol. The molecule has 0 saturated carbocycles. The van der Waals surface area contributed by atoms with Gasteiger partial charge in [0, 0.05) is 46.9 Å². The second-order valence-corrected chi connectivity index (χ2v) is 0.542. The van der Waals surface area contributed by atoms with Crippen LogP contribution in [0.2, 0.25) is 0 Å². The van der Waals surface area contributed by atoms with Crippen LogP contribution in [0.3, 0.4) is 0 Å². The molecule has 2 nitrogen and oxygen atoms in total. The van der Waals surface area contributed by atoms with Crippen molar-refractivity contribution in [3.05, 3.63) is 12.7 Å². The third-order valence-corrected chi connectivity index (χ3v) is 0.175. The van der Waals surface area contributed by atoms with Crippen molar-refractivity contribution in [1.82, 2.24) is 0 Å². The molecule has 0 saturated heterocycles. The van der Waals surface area contributed by atoms with E-state index in [2.05, 4.69) is 6.58 Å². The quantitative estimate of drug-likeness (QED) is 0.638. The summed E-state index contributed by atoms with van der Waals surface area (Å²) in [6.45, 7) is 2.96. The Bertz CT molecular complexity index is 59.8. The van der Waals surface area contributed by atoms with E-state index in [1.807, 2.05) is 0 Å². The van der Waals surface area contributed by atoms with E-state index in [9.17, 15) is 4.79 Å². The van der Waals surface area contributed by atoms with Gasteiger partial charge in [0.05, 0.1) is 0 Å². The summed E-state index contributed by atoms with van der Waals surface area (Å²) >= 11 is 0. The first-order valence-corrected chi connectivity index (χ1v) is 1.12. The first kappa shape index (κ1) is 9.75. The standard InChI is InChI=1S/C3H4O2.Nd/c1-2-3(4)5;/h2H,1H2,(H,4,5);. The maximum atomic E-state index is 9.25. The molecule has 0 amide bonds. The van der Waals surface area contributed by atoms with Crippen LogP contribution in [0.1, 0.15) is 0 Å². The summed E-state index contributed by atoms with van der Waals surface area (Å²) in [5.74, 6) is -0.981. The molecule has 0 aliphatic rings. The Hall–Kier alpha value is 0.561. The smallest absolute Gasteiger partial charge is 0.327 e. The maximum Gasteiger partial charge on any atom is 0.327 e. The zero-order chi connectivity index (χ0) is 4.28. The van der Waals surface area contributed by atoms with Crippen LogP contribution < -0.4 is 0 Å². The van der Waals surface area contributed by atoms with Gasteiger partial charge < -0.3 is 5.11 Å². The number of hydrogen-bond acceptors (Lipinski definition) is 1. The van der Waals surface area contributed by atoms with Crippen LogP contribution in [0.5, 0.6) is 0 Å². The molecule has 0 atom stereocenters. The molecule has 6 heavy (non-hydrogen) atoms. The fraction of sp³-hybridized carbons (Fsp3) is 0. The molecule has 0 spiro atoms. The van der Waals surface area contributed by atoms with Crippen molar-refractivity contribution in [3.8, 4) is 0 Å². The summed E-state index contributed by atoms with van der Waals surface area (Å²) in [4.78, 5) is 9.25. The van der Waals surface area contributed by atoms with Crippen LogP contribution in [0.15, 0.2) is 12.7 Å². The molecular weight excluding hydrogens is 212 g/mol. The third kappa shape index (κ3) is 8.82. The van der Waals surface area contributed by atoms with Crippen molar-refractivity contribution in [1.29, 1.82) is 0 Å². The van der Waals surface area contributed by atoms with E-state index < -0.39 is 5.97 Å². The van der Waals surface area contributed by atoms with Crippen LogP contribution in [0, 0.1) is 40.8 Å². The minimum absolute atomic E-state index is 0. The number of carboxylic acids is 1. The zero-order valence-electron chi connectivity index (χ0n) is 3.14. The van der Waals surface area contributed by atoms with Crippen LogP contribution in [0.4, 0.5) is 0 Å². The van der Waals surface area contributed by atoms with Gasteiger partial charge in [-0.15, -0.1) is 0 Å². The molecule has 0 aliphatic carbocycles. The van der Waals surface area contributed by atoms with Gasteiger partial charge in [0.25, 0.3) is 0 Å². The molecule has 0 bridgehead atoms. The van der Waals surface area contributed by atoms with Crippen LogP contribution in [0.25, 0.3) is 0 Å². The Kier molecular flexibility index (Phi) is 9.04. The van der Waals surface area contributed by atoms with Gasteiger partial charge >= 0.3 is 5.97 Å². The summed E-state index contributed by atoms with van der Waals surface area (Å²) in [5, 5.41) is 7.60. The van der Waals surface area contributed by atoms with Gasteiger partial charge in [-0.1, -0.05) is 6.58 Å². The molecule has 0 radical (unpaired) electrons. The minimum atomic E-state index is -0.981. The topological polar surface area (TPSA) is 37.3 Å². The minimum Gasteiger partial charge on any atom is -0.478 e. The number of carbonyl (C=O) groups is 1. The molecule has 1 N–H and O–H groups in total. The van der Waals surface area contributed by atoms with Crippen LogP contribution >= 0.6 is 0 Å². The number of hydrogen-bond donors (Lipinski definition) is 1. The van der Waals surface area contributed by atoms with Crippen molar-refractivity contribution in [2.45, 2.75) is 0 Å². The molecular formula is C3H4NdO2. The van der Waals surface area contributed by atoms with Crippen molar-refractivity contribution in [3.63, 3.8) is 0 Å². The molecule has 0 heterocycles. The molecule has 0 aromatic heterocycles. The Morgan fingerprint density at radius 1 is 1.83 bits per heavy atom. The molecule has 0 aromatic rings. The molecule has 0 fully saturated rings. The second kappa shape index (κ2) is 5.56. The zero-order valence-corrected chi connectivity index (χ0v) is 6.35. The fourth-order valence-electron chi connectivity index (χ4n) is 0. The van der Waals surface area contributed by atoms with Gasteiger partial charge in [-0.05, 0) is 0 Å². The first-order chi connectivity index (χ1) is 2.27. The van der Waals surface area contributed by atoms with E-state index >= 15 is 0 Å². The van der Waals surface area contributed by atoms with Gasteiger partial charge in [0.1, 0.15) is 0 Å². The SMILES string of the molecule is C=CC(=O)O.[Nd]. The Balaban J connectivity index is 0. The number of rotatable bonds is 1. The summed E-state index contributed by atoms with van der Waals surface area (Å²) in [5.41, 5.74) is 0. The fourth-order valence-corrected chi connectivity index (χ4v) is 0. The Morgan fingerprint density at radius 2 is 2.00 bits per heavy atom. The Labute approximate surface area is 68.8 Å². The van der Waals surface area contributed by atoms with E-state index in [0.717, 1.165) is 6.08 Å². The van der Waals surface area contributed by atoms with Crippen molar-refractivity contribution in [2.24, 2.45) is 0 Å². The summed E-state index contributed by atoms with van der Waals surface area (Å²) in [6.07, 6.45) is 0.833. The predicted molar refractivity (Wildman–Crippen MR) is 17.8 cm³/mol. The van der Waals surface area contributed by atoms with Crippen molar-refractivity contribution < 1.29 is 50.7 Å². The van der Waals surface area contributed by atoms with Gasteiger partial charge in [-0.25, -0.2) is 4.79 Å². The molecule has 0 aliphatic heterocycles. The van der Waals surface area contributed by atoms with E-state index in [0.29, 0.717) is 0 Å². The first-order valence-electron chi connectivity index (χ1n) is 1.12. The van der Waals surface area contributed by atoms with Gasteiger partial charge in [-0.2, -0.15) is 0 Å². The second-order valence-electron chi connectivity index (χ2n) is 0.542. The molecule has 0 rings (SSSR count). The molecule has 3 heteroatoms. The summed E-state index contributed by atoms with van der Waals surface area (Å²) in [7, 11) is 0. The van der Waals surface area contributed by atoms with Crippen LogP contribution in [-0.4, -0.2) is 11.1 Å². The third-order valence-electron chi connectivity index (χ3n) is 0.175. The van der Waals surface area contributed by atoms with Gasteiger partial charge in [0.2, 0.25) is 0 Å². The van der Waals surface area contributed by atoms with E-state index in [1.165, 1.54) is 0 Å². The van der Waals surface area contributed by atoms with Crippen molar-refractivity contribution >= 4 is 5.97 Å². The number of aliphatic carboxylic acids is 1. The molecule has 0 aromatic carbocycles. The van der Waals surface area contributed by atoms with E-state index in [4.69, 9.17) is 5.11 Å². The van der Waals surface area contributed by atoms with E-state index in [1.54, 1.807) is 0 Å². The molecule has 0 unspecified atom stereocenters. The Morgan fingerprint density at radius 3 is 2.00 bits per heavy atom. The average molecular weight is 216 g/mol. The van der Waals surface area contributed by atoms with Gasteiger partial charge in [0.15, 0.2) is 0 Å². The maximum absolute atomic E-state index is 9.25. The average Bonchev–Trinajstić information content (AvgIpc) is 1.38. The van der Waals surface area contributed by atoms with Crippen LogP contribution in [-0.2, 0) is 4.79 Å². The number of carboxylic acid groups (broad SMARTS) is 1. The van der Waals surface area contributed by atoms with Gasteiger partial charge in [-0.3, -0.25) is 0 Å². The molecule has 32 valence electrons. The largest absolute Gasteiger partial charge is 0.478 e. The van der Waals surface area contributed by atoms with Crippen molar-refractivity contribution in [2.75, 3.05) is 0 Å². The summed E-state index contributed by atoms with van der Waals surface area (Å²) in [6, 6.07) is 0. The summed E-state index contributed by atoms with van der Waals surface area (Å²) < 4.78 is 0. The normalized spacial score (nSPS) is 5.33.